The summed E-state index contributed by atoms with van der Waals surface area (Å²) < 4.78 is 5.60. The summed E-state index contributed by atoms with van der Waals surface area (Å²) in [5, 5.41) is 0. The van der Waals surface area contributed by atoms with E-state index in [1.54, 1.807) is 6.92 Å². The molecule has 0 aromatic carbocycles. The largest absolute Gasteiger partial charge is 0.381 e. The zero-order valence-corrected chi connectivity index (χ0v) is 15.6. The van der Waals surface area contributed by atoms with E-state index in [-0.39, 0.29) is 11.8 Å². The van der Waals surface area contributed by atoms with Crippen LogP contribution in [0.15, 0.2) is 0 Å². The lowest BCUT2D eigenvalue weighted by Crippen LogP contribution is -2.45. The van der Waals surface area contributed by atoms with Crippen molar-refractivity contribution in [2.24, 2.45) is 11.8 Å². The monoisotopic (exact) mass is 351 g/mol. The summed E-state index contributed by atoms with van der Waals surface area (Å²) in [6.45, 7) is 9.79. The fourth-order valence-corrected chi connectivity index (χ4v) is 4.39. The van der Waals surface area contributed by atoms with Gasteiger partial charge in [0.05, 0.1) is 6.61 Å². The van der Waals surface area contributed by atoms with E-state index in [9.17, 15) is 9.59 Å². The number of piperidine rings is 1. The van der Waals surface area contributed by atoms with Crippen molar-refractivity contribution in [2.75, 3.05) is 59.0 Å². The highest BCUT2D eigenvalue weighted by Gasteiger charge is 2.30. The first-order valence-electron chi connectivity index (χ1n) is 9.98. The van der Waals surface area contributed by atoms with Gasteiger partial charge in [0, 0.05) is 58.7 Å². The number of hydrogen-bond donors (Lipinski definition) is 0. The molecule has 0 aliphatic carbocycles. The Kier molecular flexibility index (Phi) is 6.70. The lowest BCUT2D eigenvalue weighted by molar-refractivity contribution is -0.140. The summed E-state index contributed by atoms with van der Waals surface area (Å²) in [6.07, 6.45) is 5.15. The summed E-state index contributed by atoms with van der Waals surface area (Å²) in [5.74, 6) is 1.20. The summed E-state index contributed by atoms with van der Waals surface area (Å²) in [6, 6.07) is 0. The third kappa shape index (κ3) is 5.17. The molecular weight excluding hydrogens is 318 g/mol. The minimum absolute atomic E-state index is 0.105. The quantitative estimate of drug-likeness (QED) is 0.767. The fraction of sp³-hybridized carbons (Fsp3) is 0.895. The second kappa shape index (κ2) is 8.99. The van der Waals surface area contributed by atoms with Crippen LogP contribution in [-0.4, -0.2) is 85.5 Å². The molecule has 0 saturated carbocycles. The van der Waals surface area contributed by atoms with Gasteiger partial charge in [-0.25, -0.2) is 0 Å². The molecule has 0 radical (unpaired) electrons. The van der Waals surface area contributed by atoms with Crippen molar-refractivity contribution in [3.05, 3.63) is 0 Å². The van der Waals surface area contributed by atoms with Crippen molar-refractivity contribution < 1.29 is 14.3 Å². The summed E-state index contributed by atoms with van der Waals surface area (Å²) in [5.41, 5.74) is 0. The predicted octanol–water partition coefficient (Wildman–Crippen LogP) is 1.21. The number of likely N-dealkylation sites (tertiary alicyclic amines) is 1. The normalized spacial score (nSPS) is 27.2. The molecule has 3 rings (SSSR count). The summed E-state index contributed by atoms with van der Waals surface area (Å²) in [7, 11) is 0. The number of carbonyl (C=O) groups excluding carboxylic acids is 2. The van der Waals surface area contributed by atoms with Gasteiger partial charge in [-0.2, -0.15) is 0 Å². The van der Waals surface area contributed by atoms with Crippen LogP contribution in [0.5, 0.6) is 0 Å². The molecule has 3 saturated heterocycles. The molecule has 0 bridgehead atoms. The number of ether oxygens (including phenoxy) is 1. The molecule has 3 aliphatic heterocycles. The van der Waals surface area contributed by atoms with Crippen LogP contribution in [0.2, 0.25) is 0 Å². The Balaban J connectivity index is 1.44. The molecule has 0 aromatic rings. The molecule has 2 amide bonds. The van der Waals surface area contributed by atoms with Gasteiger partial charge in [-0.3, -0.25) is 9.59 Å². The Morgan fingerprint density at radius 3 is 2.40 bits per heavy atom. The van der Waals surface area contributed by atoms with Gasteiger partial charge >= 0.3 is 0 Å². The summed E-state index contributed by atoms with van der Waals surface area (Å²) in [4.78, 5) is 30.8. The van der Waals surface area contributed by atoms with E-state index in [0.717, 1.165) is 78.3 Å². The second-order valence-electron chi connectivity index (χ2n) is 7.84. The van der Waals surface area contributed by atoms with Crippen molar-refractivity contribution in [1.82, 2.24) is 14.7 Å². The van der Waals surface area contributed by atoms with Crippen molar-refractivity contribution in [3.8, 4) is 0 Å². The van der Waals surface area contributed by atoms with Crippen molar-refractivity contribution in [2.45, 2.75) is 39.0 Å². The number of nitrogens with zero attached hydrogens (tertiary/aromatic N) is 3. The molecule has 1 atom stereocenters. The highest BCUT2D eigenvalue weighted by molar-refractivity contribution is 5.79. The molecule has 6 nitrogen and oxygen atoms in total. The van der Waals surface area contributed by atoms with Crippen molar-refractivity contribution >= 4 is 11.8 Å². The van der Waals surface area contributed by atoms with Gasteiger partial charge in [0.15, 0.2) is 0 Å². The molecular formula is C19H33N3O3. The van der Waals surface area contributed by atoms with E-state index < -0.39 is 0 Å². The van der Waals surface area contributed by atoms with Gasteiger partial charge in [-0.05, 0) is 44.6 Å². The van der Waals surface area contributed by atoms with Crippen LogP contribution < -0.4 is 0 Å². The Labute approximate surface area is 151 Å². The summed E-state index contributed by atoms with van der Waals surface area (Å²) >= 11 is 0. The van der Waals surface area contributed by atoms with E-state index in [2.05, 4.69) is 9.80 Å². The molecule has 1 unspecified atom stereocenters. The van der Waals surface area contributed by atoms with Crippen LogP contribution in [-0.2, 0) is 14.3 Å². The first kappa shape index (κ1) is 18.6. The topological polar surface area (TPSA) is 53.1 Å². The Morgan fingerprint density at radius 2 is 1.72 bits per heavy atom. The number of carbonyl (C=O) groups is 2. The minimum Gasteiger partial charge on any atom is -0.381 e. The van der Waals surface area contributed by atoms with E-state index in [4.69, 9.17) is 4.74 Å². The van der Waals surface area contributed by atoms with Gasteiger partial charge in [0.25, 0.3) is 0 Å². The lowest BCUT2D eigenvalue weighted by atomic mass is 9.95. The standard InChI is InChI=1S/C19H33N3O3/c1-16(23)21-9-5-18(6-10-21)19(24)22-8-3-7-20(11-12-22)14-17-4-2-13-25-15-17/h17-18H,2-15H2,1H3. The van der Waals surface area contributed by atoms with Gasteiger partial charge in [0.2, 0.25) is 11.8 Å². The Hall–Kier alpha value is -1.14. The molecule has 0 N–H and O–H groups in total. The average Bonchev–Trinajstić information content (AvgIpc) is 2.88. The third-order valence-corrected chi connectivity index (χ3v) is 5.96. The van der Waals surface area contributed by atoms with Crippen molar-refractivity contribution in [1.29, 1.82) is 0 Å². The molecule has 3 heterocycles. The van der Waals surface area contributed by atoms with Crippen LogP contribution >= 0.6 is 0 Å². The van der Waals surface area contributed by atoms with Crippen LogP contribution in [0.25, 0.3) is 0 Å². The average molecular weight is 351 g/mol. The molecule has 25 heavy (non-hydrogen) atoms. The fourth-order valence-electron chi connectivity index (χ4n) is 4.39. The van der Waals surface area contributed by atoms with Crippen LogP contribution in [0.3, 0.4) is 0 Å². The van der Waals surface area contributed by atoms with E-state index in [1.807, 2.05) is 4.90 Å². The first-order valence-corrected chi connectivity index (χ1v) is 9.98. The Morgan fingerprint density at radius 1 is 0.920 bits per heavy atom. The molecule has 142 valence electrons. The second-order valence-corrected chi connectivity index (χ2v) is 7.84. The predicted molar refractivity (Wildman–Crippen MR) is 96.2 cm³/mol. The number of amides is 2. The van der Waals surface area contributed by atoms with Crippen molar-refractivity contribution in [3.63, 3.8) is 0 Å². The molecule has 6 heteroatoms. The van der Waals surface area contributed by atoms with Crippen LogP contribution in [0.4, 0.5) is 0 Å². The molecule has 0 aromatic heterocycles. The van der Waals surface area contributed by atoms with Crippen LogP contribution in [0, 0.1) is 11.8 Å². The molecule has 3 aliphatic rings. The molecule has 3 fully saturated rings. The highest BCUT2D eigenvalue weighted by atomic mass is 16.5. The zero-order chi connectivity index (χ0) is 17.6. The number of hydrogen-bond acceptors (Lipinski definition) is 4. The maximum atomic E-state index is 12.9. The van der Waals surface area contributed by atoms with Crippen LogP contribution in [0.1, 0.15) is 39.0 Å². The van der Waals surface area contributed by atoms with E-state index in [0.29, 0.717) is 11.8 Å². The minimum atomic E-state index is 0.105. The molecule has 0 spiro atoms. The van der Waals surface area contributed by atoms with Gasteiger partial charge in [-0.15, -0.1) is 0 Å². The highest BCUT2D eigenvalue weighted by Crippen LogP contribution is 2.21. The maximum Gasteiger partial charge on any atom is 0.225 e. The third-order valence-electron chi connectivity index (χ3n) is 5.96. The van der Waals surface area contributed by atoms with E-state index in [1.165, 1.54) is 12.8 Å². The number of rotatable bonds is 3. The zero-order valence-electron chi connectivity index (χ0n) is 15.6. The Bertz CT molecular complexity index is 457. The SMILES string of the molecule is CC(=O)N1CCC(C(=O)N2CCCN(CC3CCCOC3)CC2)CC1. The smallest absolute Gasteiger partial charge is 0.225 e. The lowest BCUT2D eigenvalue weighted by Gasteiger charge is -2.33. The first-order chi connectivity index (χ1) is 12.1. The maximum absolute atomic E-state index is 12.9. The van der Waals surface area contributed by atoms with Gasteiger partial charge in [0.1, 0.15) is 0 Å². The van der Waals surface area contributed by atoms with Gasteiger partial charge in [-0.1, -0.05) is 0 Å². The van der Waals surface area contributed by atoms with E-state index >= 15 is 0 Å². The van der Waals surface area contributed by atoms with Gasteiger partial charge < -0.3 is 19.4 Å².